The summed E-state index contributed by atoms with van der Waals surface area (Å²) in [6, 6.07) is 4.35. The molecule has 1 aromatic rings. The Hall–Kier alpha value is -1.81. The predicted octanol–water partition coefficient (Wildman–Crippen LogP) is 5.76. The Morgan fingerprint density at radius 1 is 0.652 bits per heavy atom. The van der Waals surface area contributed by atoms with E-state index in [0.717, 1.165) is 12.1 Å². The van der Waals surface area contributed by atoms with Crippen LogP contribution >= 0.6 is 0 Å². The fourth-order valence-corrected chi connectivity index (χ4v) is 1.36. The van der Waals surface area contributed by atoms with Gasteiger partial charge in [-0.05, 0) is 0 Å². The van der Waals surface area contributed by atoms with Gasteiger partial charge in [-0.2, -0.15) is 39.5 Å². The van der Waals surface area contributed by atoms with Gasteiger partial charge in [-0.1, -0.05) is 30.3 Å². The first-order valence-corrected chi connectivity index (χ1v) is 5.49. The quantitative estimate of drug-likeness (QED) is 0.600. The Bertz CT molecular complexity index is 583. The van der Waals surface area contributed by atoms with E-state index >= 15 is 0 Å². The van der Waals surface area contributed by atoms with Gasteiger partial charge in [-0.3, -0.25) is 0 Å². The summed E-state index contributed by atoms with van der Waals surface area (Å²) in [4.78, 5) is 0. The highest BCUT2D eigenvalue weighted by molar-refractivity contribution is 5.62. The molecule has 11 heteroatoms. The summed E-state index contributed by atoms with van der Waals surface area (Å²) in [5.41, 5.74) is -1.05. The summed E-state index contributed by atoms with van der Waals surface area (Å²) in [5.74, 6) is -27.7. The maximum absolute atomic E-state index is 13.4. The zero-order valence-electron chi connectivity index (χ0n) is 10.5. The van der Waals surface area contributed by atoms with Gasteiger partial charge in [0, 0.05) is 5.56 Å². The first kappa shape index (κ1) is 19.2. The normalized spacial score (nSPS) is 15.4. The minimum Gasteiger partial charge on any atom is -0.203 e. The third kappa shape index (κ3) is 3.00. The van der Waals surface area contributed by atoms with Crippen molar-refractivity contribution in [2.24, 2.45) is 0 Å². The second kappa shape index (κ2) is 5.68. The molecule has 0 aliphatic carbocycles. The molecule has 0 heterocycles. The first-order chi connectivity index (χ1) is 10.2. The lowest BCUT2D eigenvalue weighted by atomic mass is 10.0. The number of rotatable bonds is 4. The van der Waals surface area contributed by atoms with Gasteiger partial charge in [-0.25, -0.2) is 8.78 Å². The summed E-state index contributed by atoms with van der Waals surface area (Å²) in [5, 5.41) is 0. The zero-order chi connectivity index (χ0) is 18.3. The van der Waals surface area contributed by atoms with Crippen molar-refractivity contribution in [1.29, 1.82) is 0 Å². The summed E-state index contributed by atoms with van der Waals surface area (Å²) < 4.78 is 140. The summed E-state index contributed by atoms with van der Waals surface area (Å²) in [7, 11) is 0. The highest BCUT2D eigenvalue weighted by Crippen LogP contribution is 2.56. The van der Waals surface area contributed by atoms with Crippen molar-refractivity contribution in [2.45, 2.75) is 23.9 Å². The monoisotopic (exact) mass is 358 g/mol. The van der Waals surface area contributed by atoms with Gasteiger partial charge >= 0.3 is 23.9 Å². The number of hydrogen-bond donors (Lipinski definition) is 0. The van der Waals surface area contributed by atoms with Crippen LogP contribution in [0.3, 0.4) is 0 Å². The van der Waals surface area contributed by atoms with Gasteiger partial charge in [0.15, 0.2) is 5.83 Å². The van der Waals surface area contributed by atoms with Gasteiger partial charge in [0.1, 0.15) is 0 Å². The molecule has 0 radical (unpaired) electrons. The molecule has 0 N–H and O–H groups in total. The Morgan fingerprint density at radius 2 is 1.09 bits per heavy atom. The van der Waals surface area contributed by atoms with E-state index in [9.17, 15) is 48.3 Å². The van der Waals surface area contributed by atoms with Crippen LogP contribution < -0.4 is 0 Å². The van der Waals surface area contributed by atoms with Gasteiger partial charge in [-0.15, -0.1) is 0 Å². The average Bonchev–Trinajstić information content (AvgIpc) is 2.44. The lowest BCUT2D eigenvalue weighted by Crippen LogP contribution is -2.61. The maximum Gasteiger partial charge on any atom is 0.460 e. The molecule has 1 aromatic carbocycles. The van der Waals surface area contributed by atoms with Crippen molar-refractivity contribution >= 4 is 5.83 Å². The van der Waals surface area contributed by atoms with Gasteiger partial charge in [0.25, 0.3) is 0 Å². The van der Waals surface area contributed by atoms with Gasteiger partial charge in [0.05, 0.1) is 0 Å². The third-order valence-corrected chi connectivity index (χ3v) is 2.64. The average molecular weight is 358 g/mol. The number of alkyl halides is 9. The predicted molar refractivity (Wildman–Crippen MR) is 56.5 cm³/mol. The maximum atomic E-state index is 13.4. The number of halogens is 11. The Kier molecular flexibility index (Phi) is 4.75. The standard InChI is InChI=1S/C12H5F11/c13-7(6-4-2-1-3-5-6)8(14)9(15,16)10(17,18)11(19,20)12(21,22)23/h1-5H/b8-7+. The lowest BCUT2D eigenvalue weighted by molar-refractivity contribution is -0.391. The highest BCUT2D eigenvalue weighted by atomic mass is 19.4. The van der Waals surface area contributed by atoms with Crippen molar-refractivity contribution in [3.05, 3.63) is 41.7 Å². The van der Waals surface area contributed by atoms with Crippen molar-refractivity contribution in [2.75, 3.05) is 0 Å². The summed E-state index contributed by atoms with van der Waals surface area (Å²) in [6.07, 6.45) is -7.11. The molecule has 0 fully saturated rings. The molecule has 0 unspecified atom stereocenters. The van der Waals surface area contributed by atoms with Crippen LogP contribution in [0.1, 0.15) is 5.56 Å². The van der Waals surface area contributed by atoms with E-state index in [1.54, 1.807) is 0 Å². The highest BCUT2D eigenvalue weighted by Gasteiger charge is 2.83. The molecule has 0 saturated carbocycles. The fourth-order valence-electron chi connectivity index (χ4n) is 1.36. The van der Waals surface area contributed by atoms with Crippen molar-refractivity contribution in [1.82, 2.24) is 0 Å². The van der Waals surface area contributed by atoms with E-state index < -0.39 is 41.2 Å². The minimum atomic E-state index is -7.29. The van der Waals surface area contributed by atoms with Crippen LogP contribution in [0.2, 0.25) is 0 Å². The second-order valence-corrected chi connectivity index (χ2v) is 4.21. The third-order valence-electron chi connectivity index (χ3n) is 2.64. The topological polar surface area (TPSA) is 0 Å². The Morgan fingerprint density at radius 3 is 1.48 bits per heavy atom. The number of allylic oxidation sites excluding steroid dienone is 1. The van der Waals surface area contributed by atoms with Crippen molar-refractivity contribution in [3.8, 4) is 0 Å². The molecule has 0 aliphatic rings. The molecule has 0 amide bonds. The molecule has 0 saturated heterocycles. The van der Waals surface area contributed by atoms with E-state index in [1.165, 1.54) is 6.07 Å². The Labute approximate surface area is 121 Å². The first-order valence-electron chi connectivity index (χ1n) is 5.49. The van der Waals surface area contributed by atoms with Crippen LogP contribution in [-0.4, -0.2) is 23.9 Å². The van der Waals surface area contributed by atoms with E-state index in [2.05, 4.69) is 0 Å². The van der Waals surface area contributed by atoms with E-state index in [-0.39, 0.29) is 0 Å². The molecule has 0 aromatic heterocycles. The largest absolute Gasteiger partial charge is 0.460 e. The SMILES string of the molecule is F/C(=C(/F)C(F)(F)C(F)(F)C(F)(F)C(F)(F)F)c1ccccc1. The smallest absolute Gasteiger partial charge is 0.203 e. The van der Waals surface area contributed by atoms with Crippen molar-refractivity contribution in [3.63, 3.8) is 0 Å². The molecule has 23 heavy (non-hydrogen) atoms. The Balaban J connectivity index is 3.45. The van der Waals surface area contributed by atoms with Crippen LogP contribution in [0.15, 0.2) is 36.2 Å². The van der Waals surface area contributed by atoms with Crippen LogP contribution in [0.4, 0.5) is 48.3 Å². The molecule has 130 valence electrons. The van der Waals surface area contributed by atoms with Crippen molar-refractivity contribution < 1.29 is 48.3 Å². The van der Waals surface area contributed by atoms with E-state index in [1.807, 2.05) is 0 Å². The fraction of sp³-hybridized carbons (Fsp3) is 0.333. The molecule has 0 atom stereocenters. The minimum absolute atomic E-state index is 0.616. The lowest BCUT2D eigenvalue weighted by Gasteiger charge is -2.32. The summed E-state index contributed by atoms with van der Waals surface area (Å²) >= 11 is 0. The molecule has 0 bridgehead atoms. The molecule has 0 aliphatic heterocycles. The zero-order valence-corrected chi connectivity index (χ0v) is 10.5. The molecule has 0 spiro atoms. The summed E-state index contributed by atoms with van der Waals surface area (Å²) in [6.45, 7) is 0. The number of benzene rings is 1. The van der Waals surface area contributed by atoms with Gasteiger partial charge < -0.3 is 0 Å². The van der Waals surface area contributed by atoms with Crippen LogP contribution in [0, 0.1) is 0 Å². The number of hydrogen-bond acceptors (Lipinski definition) is 0. The van der Waals surface area contributed by atoms with E-state index in [0.29, 0.717) is 12.1 Å². The second-order valence-electron chi connectivity index (χ2n) is 4.21. The molecular weight excluding hydrogens is 353 g/mol. The van der Waals surface area contributed by atoms with E-state index in [4.69, 9.17) is 0 Å². The van der Waals surface area contributed by atoms with Crippen LogP contribution in [0.25, 0.3) is 5.83 Å². The van der Waals surface area contributed by atoms with Gasteiger partial charge in [0.2, 0.25) is 5.83 Å². The molecule has 1 rings (SSSR count). The van der Waals surface area contributed by atoms with Crippen LogP contribution in [0.5, 0.6) is 0 Å². The molecule has 0 nitrogen and oxygen atoms in total. The van der Waals surface area contributed by atoms with Crippen LogP contribution in [-0.2, 0) is 0 Å². The molecular formula is C12H5F11.